The maximum Gasteiger partial charge on any atom is 0.240 e. The average Bonchev–Trinajstić information content (AvgIpc) is 3.17. The number of anilines is 1. The second-order valence-corrected chi connectivity index (χ2v) is 7.44. The summed E-state index contributed by atoms with van der Waals surface area (Å²) in [6, 6.07) is 7.82. The van der Waals surface area contributed by atoms with Gasteiger partial charge in [-0.2, -0.15) is 0 Å². The molecule has 21 heavy (non-hydrogen) atoms. The van der Waals surface area contributed by atoms with Crippen LogP contribution >= 0.6 is 0 Å². The molecule has 114 valence electrons. The number of rotatable bonds is 4. The van der Waals surface area contributed by atoms with Crippen molar-refractivity contribution in [2.24, 2.45) is 10.8 Å². The van der Waals surface area contributed by atoms with Crippen molar-refractivity contribution in [2.75, 3.05) is 11.9 Å². The summed E-state index contributed by atoms with van der Waals surface area (Å²) in [7, 11) is 1.76. The molecule has 0 aromatic heterocycles. The fourth-order valence-corrected chi connectivity index (χ4v) is 2.59. The SMILES string of the molecule is Cc1ccc(N(C)C(=O)C2(C(=O)CC(C)(C)C)CC2)cc1. The minimum Gasteiger partial charge on any atom is -0.315 e. The lowest BCUT2D eigenvalue weighted by Gasteiger charge is -2.25. The van der Waals surface area contributed by atoms with E-state index in [1.807, 2.05) is 52.0 Å². The molecule has 1 aliphatic rings. The van der Waals surface area contributed by atoms with Crippen molar-refractivity contribution in [1.82, 2.24) is 0 Å². The molecule has 3 heteroatoms. The van der Waals surface area contributed by atoms with Gasteiger partial charge in [0.25, 0.3) is 0 Å². The molecule has 2 rings (SSSR count). The van der Waals surface area contributed by atoms with Crippen LogP contribution in [0.4, 0.5) is 5.69 Å². The van der Waals surface area contributed by atoms with Gasteiger partial charge in [0.15, 0.2) is 0 Å². The highest BCUT2D eigenvalue weighted by Gasteiger charge is 2.57. The highest BCUT2D eigenvalue weighted by Crippen LogP contribution is 2.50. The maximum absolute atomic E-state index is 12.7. The minimum atomic E-state index is -0.757. The third kappa shape index (κ3) is 3.34. The van der Waals surface area contributed by atoms with Crippen LogP contribution in [0.2, 0.25) is 0 Å². The van der Waals surface area contributed by atoms with E-state index in [0.29, 0.717) is 19.3 Å². The number of carbonyl (C=O) groups is 2. The van der Waals surface area contributed by atoms with Crippen molar-refractivity contribution in [1.29, 1.82) is 0 Å². The number of ketones is 1. The molecular formula is C18H25NO2. The van der Waals surface area contributed by atoms with Crippen LogP contribution in [0.15, 0.2) is 24.3 Å². The number of carbonyl (C=O) groups excluding carboxylic acids is 2. The van der Waals surface area contributed by atoms with E-state index < -0.39 is 5.41 Å². The van der Waals surface area contributed by atoms with Crippen molar-refractivity contribution in [3.8, 4) is 0 Å². The Morgan fingerprint density at radius 3 is 2.10 bits per heavy atom. The van der Waals surface area contributed by atoms with Crippen LogP contribution in [0.3, 0.4) is 0 Å². The topological polar surface area (TPSA) is 37.4 Å². The van der Waals surface area contributed by atoms with Crippen LogP contribution in [0.5, 0.6) is 0 Å². The Hall–Kier alpha value is -1.64. The predicted octanol–water partition coefficient (Wildman–Crippen LogP) is 3.74. The fourth-order valence-electron chi connectivity index (χ4n) is 2.59. The number of amides is 1. The average molecular weight is 287 g/mol. The first-order chi connectivity index (χ1) is 9.66. The van der Waals surface area contributed by atoms with Gasteiger partial charge in [0.2, 0.25) is 5.91 Å². The van der Waals surface area contributed by atoms with Gasteiger partial charge in [-0.25, -0.2) is 0 Å². The highest BCUT2D eigenvalue weighted by molar-refractivity contribution is 6.14. The van der Waals surface area contributed by atoms with Crippen molar-refractivity contribution in [3.05, 3.63) is 29.8 Å². The van der Waals surface area contributed by atoms with Crippen molar-refractivity contribution >= 4 is 17.4 Å². The Balaban J connectivity index is 2.15. The van der Waals surface area contributed by atoms with Crippen molar-refractivity contribution < 1.29 is 9.59 Å². The normalized spacial score (nSPS) is 16.4. The summed E-state index contributed by atoms with van der Waals surface area (Å²) >= 11 is 0. The summed E-state index contributed by atoms with van der Waals surface area (Å²) in [5, 5.41) is 0. The molecule has 0 aliphatic heterocycles. The van der Waals surface area contributed by atoms with Gasteiger partial charge in [0.1, 0.15) is 11.2 Å². The third-order valence-corrected chi connectivity index (χ3v) is 4.11. The first kappa shape index (κ1) is 15.7. The fraction of sp³-hybridized carbons (Fsp3) is 0.556. The lowest BCUT2D eigenvalue weighted by Crippen LogP contribution is -2.39. The first-order valence-electron chi connectivity index (χ1n) is 7.54. The Bertz CT molecular complexity index is 548. The van der Waals surface area contributed by atoms with E-state index in [9.17, 15) is 9.59 Å². The number of nitrogens with zero attached hydrogens (tertiary/aromatic N) is 1. The van der Waals surface area contributed by atoms with Crippen LogP contribution in [-0.2, 0) is 9.59 Å². The number of Topliss-reactive ketones (excluding diaryl/α,β-unsaturated/α-hetero) is 1. The van der Waals surface area contributed by atoms with E-state index in [4.69, 9.17) is 0 Å². The van der Waals surface area contributed by atoms with Gasteiger partial charge >= 0.3 is 0 Å². The van der Waals surface area contributed by atoms with Gasteiger partial charge in [-0.1, -0.05) is 38.5 Å². The molecule has 1 saturated carbocycles. The summed E-state index contributed by atoms with van der Waals surface area (Å²) < 4.78 is 0. The van der Waals surface area contributed by atoms with Crippen LogP contribution < -0.4 is 4.90 Å². The van der Waals surface area contributed by atoms with E-state index in [-0.39, 0.29) is 17.1 Å². The molecule has 0 atom stereocenters. The van der Waals surface area contributed by atoms with Gasteiger partial charge in [0.05, 0.1) is 0 Å². The molecule has 0 spiro atoms. The Labute approximate surface area is 127 Å². The van der Waals surface area contributed by atoms with Crippen LogP contribution in [0, 0.1) is 17.8 Å². The second kappa shape index (κ2) is 5.28. The molecule has 1 fully saturated rings. The Morgan fingerprint density at radius 1 is 1.14 bits per heavy atom. The molecule has 0 unspecified atom stereocenters. The molecular weight excluding hydrogens is 262 g/mol. The summed E-state index contributed by atoms with van der Waals surface area (Å²) in [4.78, 5) is 26.9. The summed E-state index contributed by atoms with van der Waals surface area (Å²) in [5.74, 6) is 0.0413. The lowest BCUT2D eigenvalue weighted by molar-refractivity contribution is -0.135. The van der Waals surface area contributed by atoms with Gasteiger partial charge in [-0.05, 0) is 37.3 Å². The molecule has 1 aromatic rings. The molecule has 0 radical (unpaired) electrons. The number of hydrogen-bond donors (Lipinski definition) is 0. The lowest BCUT2D eigenvalue weighted by atomic mass is 9.83. The largest absolute Gasteiger partial charge is 0.315 e. The van der Waals surface area contributed by atoms with Gasteiger partial charge < -0.3 is 4.90 Å². The summed E-state index contributed by atoms with van der Waals surface area (Å²) in [5.41, 5.74) is 1.17. The molecule has 3 nitrogen and oxygen atoms in total. The van der Waals surface area contributed by atoms with Crippen LogP contribution in [-0.4, -0.2) is 18.7 Å². The van der Waals surface area contributed by atoms with Crippen molar-refractivity contribution in [2.45, 2.75) is 47.0 Å². The first-order valence-corrected chi connectivity index (χ1v) is 7.54. The molecule has 0 N–H and O–H groups in total. The Kier molecular flexibility index (Phi) is 3.96. The second-order valence-electron chi connectivity index (χ2n) is 7.44. The summed E-state index contributed by atoms with van der Waals surface area (Å²) in [6.45, 7) is 8.13. The minimum absolute atomic E-state index is 0.0550. The quantitative estimate of drug-likeness (QED) is 0.791. The zero-order valence-electron chi connectivity index (χ0n) is 13.7. The van der Waals surface area contributed by atoms with E-state index in [0.717, 1.165) is 11.3 Å². The molecule has 1 aromatic carbocycles. The molecule has 0 bridgehead atoms. The summed E-state index contributed by atoms with van der Waals surface area (Å²) in [6.07, 6.45) is 1.84. The Morgan fingerprint density at radius 2 is 1.67 bits per heavy atom. The van der Waals surface area contributed by atoms with Crippen LogP contribution in [0.1, 0.15) is 45.6 Å². The molecule has 1 amide bonds. The zero-order valence-corrected chi connectivity index (χ0v) is 13.7. The number of hydrogen-bond acceptors (Lipinski definition) is 2. The van der Waals surface area contributed by atoms with Crippen molar-refractivity contribution in [3.63, 3.8) is 0 Å². The monoisotopic (exact) mass is 287 g/mol. The predicted molar refractivity (Wildman–Crippen MR) is 85.3 cm³/mol. The van der Waals surface area contributed by atoms with Gasteiger partial charge in [0, 0.05) is 19.2 Å². The standard InChI is InChI=1S/C18H25NO2/c1-13-6-8-14(9-7-13)19(5)16(21)18(10-11-18)15(20)12-17(2,3)4/h6-9H,10-12H2,1-5H3. The van der Waals surface area contributed by atoms with Gasteiger partial charge in [-0.15, -0.1) is 0 Å². The number of benzene rings is 1. The van der Waals surface area contributed by atoms with E-state index in [2.05, 4.69) is 0 Å². The highest BCUT2D eigenvalue weighted by atomic mass is 16.2. The van der Waals surface area contributed by atoms with E-state index in [1.165, 1.54) is 0 Å². The van der Waals surface area contributed by atoms with Crippen LogP contribution in [0.25, 0.3) is 0 Å². The zero-order chi connectivity index (χ0) is 15.8. The molecule has 0 heterocycles. The van der Waals surface area contributed by atoms with Gasteiger partial charge in [-0.3, -0.25) is 9.59 Å². The number of aryl methyl sites for hydroxylation is 1. The molecule has 0 saturated heterocycles. The smallest absolute Gasteiger partial charge is 0.240 e. The maximum atomic E-state index is 12.7. The third-order valence-electron chi connectivity index (χ3n) is 4.11. The van der Waals surface area contributed by atoms with E-state index >= 15 is 0 Å². The molecule has 1 aliphatic carbocycles. The van der Waals surface area contributed by atoms with E-state index in [1.54, 1.807) is 11.9 Å².